The van der Waals surface area contributed by atoms with Crippen molar-refractivity contribution < 1.29 is 4.79 Å². The molecule has 1 amide bonds. The first-order valence-electron chi connectivity index (χ1n) is 4.78. The second kappa shape index (κ2) is 2.72. The highest BCUT2D eigenvalue weighted by molar-refractivity contribution is 5.79. The fraction of sp³-hybridized carbons (Fsp3) is 0.545. The molecule has 0 aromatic carbocycles. The molecule has 1 atom stereocenters. The third-order valence-electron chi connectivity index (χ3n) is 3.03. The second-order valence-electron chi connectivity index (χ2n) is 4.38. The van der Waals surface area contributed by atoms with E-state index in [1.54, 1.807) is 0 Å². The summed E-state index contributed by atoms with van der Waals surface area (Å²) in [5, 5.41) is 2.96. The molecule has 2 aliphatic rings. The molecule has 0 aromatic rings. The summed E-state index contributed by atoms with van der Waals surface area (Å²) in [4.78, 5) is 11.2. The van der Waals surface area contributed by atoms with E-state index < -0.39 is 0 Å². The molecule has 0 saturated carbocycles. The number of allylic oxidation sites excluding steroid dienone is 4. The van der Waals surface area contributed by atoms with Gasteiger partial charge in [0.2, 0.25) is 5.91 Å². The third-order valence-corrected chi connectivity index (χ3v) is 3.03. The molecule has 1 aliphatic carbocycles. The summed E-state index contributed by atoms with van der Waals surface area (Å²) >= 11 is 0. The molecule has 13 heavy (non-hydrogen) atoms. The average molecular weight is 177 g/mol. The number of rotatable bonds is 0. The molecule has 2 rings (SSSR count). The summed E-state index contributed by atoms with van der Waals surface area (Å²) in [7, 11) is 0. The molecule has 70 valence electrons. The lowest BCUT2D eigenvalue weighted by atomic mass is 9.72. The minimum Gasteiger partial charge on any atom is -0.329 e. The van der Waals surface area contributed by atoms with Crippen molar-refractivity contribution in [1.29, 1.82) is 0 Å². The Morgan fingerprint density at radius 1 is 1.46 bits per heavy atom. The number of nitrogens with one attached hydrogen (secondary N) is 1. The van der Waals surface area contributed by atoms with Crippen molar-refractivity contribution in [3.05, 3.63) is 23.4 Å². The maximum atomic E-state index is 11.2. The van der Waals surface area contributed by atoms with Crippen LogP contribution in [0.1, 0.15) is 33.1 Å². The first-order valence-corrected chi connectivity index (χ1v) is 4.78. The highest BCUT2D eigenvalue weighted by Crippen LogP contribution is 2.42. The lowest BCUT2D eigenvalue weighted by molar-refractivity contribution is -0.122. The molecule has 0 bridgehead atoms. The van der Waals surface area contributed by atoms with E-state index in [9.17, 15) is 4.79 Å². The average Bonchev–Trinajstić information content (AvgIpc) is 2.06. The summed E-state index contributed by atoms with van der Waals surface area (Å²) < 4.78 is 0. The van der Waals surface area contributed by atoms with Crippen LogP contribution >= 0.6 is 0 Å². The molecular weight excluding hydrogens is 162 g/mol. The molecule has 0 spiro atoms. The number of piperidine rings is 1. The highest BCUT2D eigenvalue weighted by Gasteiger charge is 2.35. The largest absolute Gasteiger partial charge is 0.329 e. The summed E-state index contributed by atoms with van der Waals surface area (Å²) in [6.07, 6.45) is 6.88. The van der Waals surface area contributed by atoms with E-state index >= 15 is 0 Å². The van der Waals surface area contributed by atoms with E-state index in [1.807, 2.05) is 0 Å². The Hall–Kier alpha value is -1.05. The number of carbonyl (C=O) groups excluding carboxylic acids is 1. The van der Waals surface area contributed by atoms with Gasteiger partial charge in [0.1, 0.15) is 0 Å². The Kier molecular flexibility index (Phi) is 1.79. The Bertz CT molecular complexity index is 314. The van der Waals surface area contributed by atoms with E-state index in [-0.39, 0.29) is 11.3 Å². The quantitative estimate of drug-likeness (QED) is 0.603. The van der Waals surface area contributed by atoms with Gasteiger partial charge in [-0.15, -0.1) is 0 Å². The fourth-order valence-electron chi connectivity index (χ4n) is 2.21. The minimum absolute atomic E-state index is 0.164. The monoisotopic (exact) mass is 177 g/mol. The summed E-state index contributed by atoms with van der Waals surface area (Å²) in [5.41, 5.74) is 2.70. The van der Waals surface area contributed by atoms with Crippen molar-refractivity contribution in [2.45, 2.75) is 33.1 Å². The van der Waals surface area contributed by atoms with Crippen LogP contribution in [0.25, 0.3) is 0 Å². The van der Waals surface area contributed by atoms with E-state index in [4.69, 9.17) is 0 Å². The minimum atomic E-state index is 0.164. The van der Waals surface area contributed by atoms with Gasteiger partial charge in [-0.1, -0.05) is 18.6 Å². The van der Waals surface area contributed by atoms with Crippen molar-refractivity contribution in [2.75, 3.05) is 0 Å². The van der Waals surface area contributed by atoms with Gasteiger partial charge in [0.15, 0.2) is 0 Å². The van der Waals surface area contributed by atoms with Crippen LogP contribution in [-0.2, 0) is 4.79 Å². The summed E-state index contributed by atoms with van der Waals surface area (Å²) in [5.74, 6) is 0.164. The van der Waals surface area contributed by atoms with E-state index in [0.717, 1.165) is 18.5 Å². The van der Waals surface area contributed by atoms with Gasteiger partial charge in [-0.25, -0.2) is 0 Å². The lowest BCUT2D eigenvalue weighted by Crippen LogP contribution is -2.40. The molecule has 0 radical (unpaired) electrons. The van der Waals surface area contributed by atoms with Crippen LogP contribution in [0.3, 0.4) is 0 Å². The van der Waals surface area contributed by atoms with Gasteiger partial charge in [-0.3, -0.25) is 4.79 Å². The van der Waals surface area contributed by atoms with Crippen molar-refractivity contribution >= 4 is 5.91 Å². The number of amides is 1. The van der Waals surface area contributed by atoms with E-state index in [2.05, 4.69) is 31.3 Å². The van der Waals surface area contributed by atoms with Gasteiger partial charge in [-0.2, -0.15) is 0 Å². The predicted octanol–water partition coefficient (Wildman–Crippen LogP) is 2.14. The zero-order valence-electron chi connectivity index (χ0n) is 8.18. The second-order valence-corrected chi connectivity index (χ2v) is 4.38. The van der Waals surface area contributed by atoms with Crippen molar-refractivity contribution in [3.63, 3.8) is 0 Å². The molecule has 1 heterocycles. The van der Waals surface area contributed by atoms with Gasteiger partial charge < -0.3 is 5.32 Å². The zero-order chi connectivity index (χ0) is 9.47. The van der Waals surface area contributed by atoms with Gasteiger partial charge in [0.25, 0.3) is 0 Å². The van der Waals surface area contributed by atoms with Crippen LogP contribution in [0.15, 0.2) is 23.4 Å². The van der Waals surface area contributed by atoms with Crippen molar-refractivity contribution in [1.82, 2.24) is 5.32 Å². The first-order chi connectivity index (χ1) is 6.10. The van der Waals surface area contributed by atoms with Crippen LogP contribution in [0, 0.1) is 5.41 Å². The number of carbonyl (C=O) groups is 1. The summed E-state index contributed by atoms with van der Waals surface area (Å²) in [6, 6.07) is 0. The zero-order valence-corrected chi connectivity index (χ0v) is 8.18. The summed E-state index contributed by atoms with van der Waals surface area (Å²) in [6.45, 7) is 4.38. The number of hydrogen-bond acceptors (Lipinski definition) is 1. The normalized spacial score (nSPS) is 32.9. The number of hydrogen-bond donors (Lipinski definition) is 1. The van der Waals surface area contributed by atoms with Gasteiger partial charge in [0, 0.05) is 17.5 Å². The molecule has 0 aromatic heterocycles. The Morgan fingerprint density at radius 2 is 2.23 bits per heavy atom. The maximum absolute atomic E-state index is 11.2. The molecule has 1 aliphatic heterocycles. The van der Waals surface area contributed by atoms with Gasteiger partial charge >= 0.3 is 0 Å². The molecule has 2 heteroatoms. The Balaban J connectivity index is 2.32. The fourth-order valence-corrected chi connectivity index (χ4v) is 2.21. The smallest absolute Gasteiger partial charge is 0.224 e. The van der Waals surface area contributed by atoms with Gasteiger partial charge in [0.05, 0.1) is 0 Å². The molecule has 1 fully saturated rings. The van der Waals surface area contributed by atoms with E-state index in [0.29, 0.717) is 6.42 Å². The maximum Gasteiger partial charge on any atom is 0.224 e. The molecular formula is C11H15NO. The van der Waals surface area contributed by atoms with Crippen molar-refractivity contribution in [3.8, 4) is 0 Å². The standard InChI is InChI=1S/C11H15NO/c1-8-3-4-9-11(2,7-8)6-5-10(13)12-9/h3-4H,5-7H2,1-2H3,(H,12,13). The van der Waals surface area contributed by atoms with Crippen LogP contribution in [-0.4, -0.2) is 5.91 Å². The van der Waals surface area contributed by atoms with Crippen LogP contribution in [0.5, 0.6) is 0 Å². The molecule has 2 nitrogen and oxygen atoms in total. The third kappa shape index (κ3) is 1.41. The number of fused-ring (bicyclic) bond motifs is 1. The van der Waals surface area contributed by atoms with Crippen LogP contribution < -0.4 is 5.32 Å². The lowest BCUT2D eigenvalue weighted by Gasteiger charge is -2.38. The van der Waals surface area contributed by atoms with Gasteiger partial charge in [-0.05, 0) is 25.8 Å². The SMILES string of the molecule is CC1=CC=C2NC(=O)CCC2(C)C1. The van der Waals surface area contributed by atoms with Crippen LogP contribution in [0.2, 0.25) is 0 Å². The van der Waals surface area contributed by atoms with E-state index in [1.165, 1.54) is 5.57 Å². The highest BCUT2D eigenvalue weighted by atomic mass is 16.1. The Labute approximate surface area is 78.7 Å². The molecule has 1 N–H and O–H groups in total. The first kappa shape index (κ1) is 8.54. The Morgan fingerprint density at radius 3 is 3.00 bits per heavy atom. The molecule has 1 unspecified atom stereocenters. The topological polar surface area (TPSA) is 29.1 Å². The van der Waals surface area contributed by atoms with Crippen molar-refractivity contribution in [2.24, 2.45) is 5.41 Å². The van der Waals surface area contributed by atoms with Crippen LogP contribution in [0.4, 0.5) is 0 Å². The predicted molar refractivity (Wildman–Crippen MR) is 51.9 cm³/mol. The molecule has 1 saturated heterocycles.